The lowest BCUT2D eigenvalue weighted by molar-refractivity contribution is 0.0126. The van der Waals surface area contributed by atoms with Crippen LogP contribution in [-0.2, 0) is 0 Å². The molecule has 0 heterocycles. The quantitative estimate of drug-likeness (QED) is 0.632. The molecule has 0 aromatic carbocycles. The highest BCUT2D eigenvalue weighted by molar-refractivity contribution is 5.10. The Morgan fingerprint density at radius 1 is 1.29 bits per heavy atom. The van der Waals surface area contributed by atoms with Gasteiger partial charge in [0.15, 0.2) is 0 Å². The normalized spacial score (nSPS) is 40.3. The Morgan fingerprint density at radius 2 is 1.95 bits per heavy atom. The first-order valence-corrected chi connectivity index (χ1v) is 8.67. The van der Waals surface area contributed by atoms with Gasteiger partial charge < -0.3 is 5.11 Å². The van der Waals surface area contributed by atoms with E-state index < -0.39 is 0 Å². The summed E-state index contributed by atoms with van der Waals surface area (Å²) in [6, 6.07) is 0. The Balaban J connectivity index is 0.000000155. The van der Waals surface area contributed by atoms with E-state index in [-0.39, 0.29) is 11.5 Å². The summed E-state index contributed by atoms with van der Waals surface area (Å²) in [6.07, 6.45) is 9.74. The van der Waals surface area contributed by atoms with Gasteiger partial charge >= 0.3 is 0 Å². The monoisotopic (exact) mass is 290 g/mol. The Hall–Kier alpha value is -0.560. The second-order valence-corrected chi connectivity index (χ2v) is 8.49. The fraction of sp³-hybridized carbons (Fsp3) is 0.800. The minimum Gasteiger partial charge on any atom is -0.393 e. The first-order valence-electron chi connectivity index (χ1n) is 8.67. The summed E-state index contributed by atoms with van der Waals surface area (Å²) in [5, 5.41) is 9.81. The molecule has 1 nitrogen and oxygen atoms in total. The van der Waals surface area contributed by atoms with Crippen LogP contribution < -0.4 is 0 Å². The average molecular weight is 290 g/mol. The van der Waals surface area contributed by atoms with Gasteiger partial charge in [-0.05, 0) is 75.0 Å². The molecule has 120 valence electrons. The predicted molar refractivity (Wildman–Crippen MR) is 91.1 cm³/mol. The van der Waals surface area contributed by atoms with Crippen LogP contribution in [0.4, 0.5) is 0 Å². The van der Waals surface area contributed by atoms with Crippen molar-refractivity contribution in [3.05, 3.63) is 23.8 Å². The Morgan fingerprint density at radius 3 is 2.24 bits per heavy atom. The van der Waals surface area contributed by atoms with E-state index in [0.717, 1.165) is 18.3 Å². The molecule has 3 aliphatic rings. The average Bonchev–Trinajstić information content (AvgIpc) is 2.73. The van der Waals surface area contributed by atoms with Gasteiger partial charge in [0.05, 0.1) is 6.10 Å². The fourth-order valence-electron chi connectivity index (χ4n) is 4.57. The maximum Gasteiger partial charge on any atom is 0.0601 e. The van der Waals surface area contributed by atoms with E-state index >= 15 is 0 Å². The van der Waals surface area contributed by atoms with Gasteiger partial charge in [0.25, 0.3) is 0 Å². The number of fused-ring (bicyclic) bond motifs is 2. The van der Waals surface area contributed by atoms with Crippen LogP contribution in [0.25, 0.3) is 0 Å². The van der Waals surface area contributed by atoms with Gasteiger partial charge in [0.2, 0.25) is 0 Å². The zero-order chi connectivity index (χ0) is 15.8. The van der Waals surface area contributed by atoms with Crippen molar-refractivity contribution in [2.75, 3.05) is 0 Å². The van der Waals surface area contributed by atoms with Gasteiger partial charge in [0.1, 0.15) is 0 Å². The Bertz CT molecular complexity index is 431. The van der Waals surface area contributed by atoms with Crippen LogP contribution in [-0.4, -0.2) is 11.2 Å². The predicted octanol–water partition coefficient (Wildman–Crippen LogP) is 5.50. The maximum absolute atomic E-state index is 9.81. The van der Waals surface area contributed by atoms with Gasteiger partial charge in [-0.2, -0.15) is 0 Å². The Labute approximate surface area is 131 Å². The number of hydrogen-bond donors (Lipinski definition) is 1. The summed E-state index contributed by atoms with van der Waals surface area (Å²) < 4.78 is 0. The van der Waals surface area contributed by atoms with E-state index in [9.17, 15) is 5.11 Å². The molecule has 2 fully saturated rings. The van der Waals surface area contributed by atoms with Crippen molar-refractivity contribution >= 4 is 0 Å². The molecule has 0 aromatic heterocycles. The molecule has 0 saturated heterocycles. The number of hydrogen-bond acceptors (Lipinski definition) is 1. The van der Waals surface area contributed by atoms with Crippen molar-refractivity contribution < 1.29 is 5.11 Å². The third-order valence-corrected chi connectivity index (χ3v) is 7.08. The number of allylic oxidation sites excluding steroid dienone is 3. The fourth-order valence-corrected chi connectivity index (χ4v) is 4.57. The molecular weight excluding hydrogens is 256 g/mol. The van der Waals surface area contributed by atoms with E-state index in [0.29, 0.717) is 5.41 Å². The molecule has 2 bridgehead atoms. The molecule has 0 aliphatic heterocycles. The number of rotatable bonds is 1. The van der Waals surface area contributed by atoms with Crippen molar-refractivity contribution in [1.82, 2.24) is 0 Å². The first kappa shape index (κ1) is 16.8. The van der Waals surface area contributed by atoms with Crippen LogP contribution in [0.3, 0.4) is 0 Å². The van der Waals surface area contributed by atoms with Gasteiger partial charge in [0, 0.05) is 0 Å². The van der Waals surface area contributed by atoms with Gasteiger partial charge in [-0.3, -0.25) is 0 Å². The summed E-state index contributed by atoms with van der Waals surface area (Å²) in [5.74, 6) is 1.55. The Kier molecular flexibility index (Phi) is 4.73. The first-order chi connectivity index (χ1) is 9.68. The summed E-state index contributed by atoms with van der Waals surface area (Å²) >= 11 is 0. The van der Waals surface area contributed by atoms with Crippen LogP contribution in [0.1, 0.15) is 73.1 Å². The van der Waals surface area contributed by atoms with Crippen molar-refractivity contribution in [1.29, 1.82) is 0 Å². The highest BCUT2D eigenvalue weighted by Gasteiger charge is 2.60. The lowest BCUT2D eigenvalue weighted by Gasteiger charge is -2.36. The molecule has 4 atom stereocenters. The summed E-state index contributed by atoms with van der Waals surface area (Å²) in [4.78, 5) is 0. The molecule has 1 unspecified atom stereocenters. The highest BCUT2D eigenvalue weighted by Crippen LogP contribution is 2.65. The molecule has 0 spiro atoms. The third-order valence-electron chi connectivity index (χ3n) is 7.08. The van der Waals surface area contributed by atoms with E-state index in [1.54, 1.807) is 5.57 Å². The lowest BCUT2D eigenvalue weighted by Crippen LogP contribution is -2.35. The van der Waals surface area contributed by atoms with Crippen LogP contribution in [0.15, 0.2) is 23.8 Å². The van der Waals surface area contributed by atoms with E-state index in [1.807, 2.05) is 0 Å². The van der Waals surface area contributed by atoms with Gasteiger partial charge in [-0.1, -0.05) is 44.6 Å². The van der Waals surface area contributed by atoms with Crippen molar-refractivity contribution in [3.63, 3.8) is 0 Å². The summed E-state index contributed by atoms with van der Waals surface area (Å²) in [6.45, 7) is 15.2. The second-order valence-electron chi connectivity index (χ2n) is 8.49. The minimum absolute atomic E-state index is 0.0313. The minimum atomic E-state index is -0.0313. The third kappa shape index (κ3) is 2.99. The standard InChI is InChI=1S/C10H18O.C10H16/c1-9(2)7-4-5-10(9,3)8(11)6-7;1-8(2)10-6-4-9(3)5-7-10/h7-8,11H,4-6H2,1-3H3;4,10H,1,5-7H2,2-3H3/t7-,8-,10+;/m1./s1. The molecule has 0 aromatic rings. The topological polar surface area (TPSA) is 20.2 Å². The van der Waals surface area contributed by atoms with E-state index in [2.05, 4.69) is 47.3 Å². The zero-order valence-electron chi connectivity index (χ0n) is 14.7. The summed E-state index contributed by atoms with van der Waals surface area (Å²) in [5.41, 5.74) is 3.51. The number of aliphatic hydroxyl groups excluding tert-OH is 1. The van der Waals surface area contributed by atoms with Crippen LogP contribution in [0, 0.1) is 22.7 Å². The molecular formula is C20H34O. The molecule has 3 rings (SSSR count). The second kappa shape index (κ2) is 5.91. The lowest BCUT2D eigenvalue weighted by atomic mass is 9.70. The van der Waals surface area contributed by atoms with Crippen LogP contribution >= 0.6 is 0 Å². The van der Waals surface area contributed by atoms with Gasteiger partial charge in [-0.15, -0.1) is 0 Å². The smallest absolute Gasteiger partial charge is 0.0601 e. The molecule has 0 radical (unpaired) electrons. The zero-order valence-corrected chi connectivity index (χ0v) is 14.7. The molecule has 0 amide bonds. The number of aliphatic hydroxyl groups is 1. The van der Waals surface area contributed by atoms with E-state index in [4.69, 9.17) is 0 Å². The van der Waals surface area contributed by atoms with Gasteiger partial charge in [-0.25, -0.2) is 0 Å². The van der Waals surface area contributed by atoms with Crippen LogP contribution in [0.2, 0.25) is 0 Å². The molecule has 2 saturated carbocycles. The SMILES string of the molecule is C=C(C)C1CC=C(C)CC1.CC1(C)[C@@H]2CC[C@@]1(C)[C@H](O)C2. The molecule has 1 heteroatoms. The van der Waals surface area contributed by atoms with Crippen molar-refractivity contribution in [2.24, 2.45) is 22.7 Å². The largest absolute Gasteiger partial charge is 0.393 e. The maximum atomic E-state index is 9.81. The molecule has 1 N–H and O–H groups in total. The highest BCUT2D eigenvalue weighted by atomic mass is 16.3. The molecule has 3 aliphatic carbocycles. The summed E-state index contributed by atoms with van der Waals surface area (Å²) in [7, 11) is 0. The van der Waals surface area contributed by atoms with Crippen molar-refractivity contribution in [3.8, 4) is 0 Å². The van der Waals surface area contributed by atoms with E-state index in [1.165, 1.54) is 37.7 Å². The van der Waals surface area contributed by atoms with Crippen LogP contribution in [0.5, 0.6) is 0 Å². The molecule has 21 heavy (non-hydrogen) atoms. The van der Waals surface area contributed by atoms with Crippen molar-refractivity contribution in [2.45, 2.75) is 79.2 Å².